The van der Waals surface area contributed by atoms with E-state index in [0.717, 1.165) is 11.1 Å². The molecule has 0 aliphatic heterocycles. The predicted molar refractivity (Wildman–Crippen MR) is 105 cm³/mol. The second-order valence-electron chi connectivity index (χ2n) is 6.11. The van der Waals surface area contributed by atoms with E-state index in [4.69, 9.17) is 9.26 Å². The quantitative estimate of drug-likeness (QED) is 0.587. The van der Waals surface area contributed by atoms with Crippen LogP contribution in [0, 0.1) is 0 Å². The monoisotopic (exact) mass is 379 g/mol. The summed E-state index contributed by atoms with van der Waals surface area (Å²) in [5.74, 6) is 0.0847. The molecule has 3 aromatic rings. The molecule has 144 valence electrons. The molecule has 0 atom stereocenters. The van der Waals surface area contributed by atoms with Gasteiger partial charge in [-0.1, -0.05) is 47.6 Å². The van der Waals surface area contributed by atoms with Gasteiger partial charge in [0.1, 0.15) is 0 Å². The summed E-state index contributed by atoms with van der Waals surface area (Å²) >= 11 is 0. The fourth-order valence-corrected chi connectivity index (χ4v) is 2.56. The number of ether oxygens (including phenoxy) is 1. The number of rotatable bonds is 8. The number of carbonyl (C=O) groups is 2. The molecule has 7 heteroatoms. The number of nitrogens with one attached hydrogen (secondary N) is 2. The minimum atomic E-state index is -0.365. The number of methoxy groups -OCH3 is 1. The topological polar surface area (TPSA) is 93.5 Å². The maximum atomic E-state index is 12.4. The van der Waals surface area contributed by atoms with E-state index in [1.165, 1.54) is 0 Å². The molecule has 0 spiro atoms. The van der Waals surface area contributed by atoms with Gasteiger partial charge in [0.05, 0.1) is 13.0 Å². The van der Waals surface area contributed by atoms with Crippen molar-refractivity contribution in [3.63, 3.8) is 0 Å². The molecular formula is C21H21N3O4. The van der Waals surface area contributed by atoms with Crippen LogP contribution in [0.1, 0.15) is 16.1 Å². The van der Waals surface area contributed by atoms with Crippen molar-refractivity contribution in [3.05, 3.63) is 71.9 Å². The summed E-state index contributed by atoms with van der Waals surface area (Å²) in [5.41, 5.74) is 2.50. The minimum Gasteiger partial charge on any atom is -0.383 e. The number of carbonyl (C=O) groups excluding carboxylic acids is 2. The molecule has 28 heavy (non-hydrogen) atoms. The van der Waals surface area contributed by atoms with Crippen molar-refractivity contribution in [2.24, 2.45) is 0 Å². The summed E-state index contributed by atoms with van der Waals surface area (Å²) in [7, 11) is 1.58. The third-order valence-electron chi connectivity index (χ3n) is 4.01. The number of hydrogen-bond donors (Lipinski definition) is 2. The lowest BCUT2D eigenvalue weighted by Gasteiger charge is -2.06. The minimum absolute atomic E-state index is 0.0788. The molecule has 0 fully saturated rings. The SMILES string of the molecule is COCCNC(=O)Cc1ccc(NC(=O)c2cc(-c3ccccc3)on2)cc1. The maximum Gasteiger partial charge on any atom is 0.277 e. The summed E-state index contributed by atoms with van der Waals surface area (Å²) in [4.78, 5) is 24.2. The highest BCUT2D eigenvalue weighted by molar-refractivity contribution is 6.03. The van der Waals surface area contributed by atoms with Crippen molar-refractivity contribution in [1.82, 2.24) is 10.5 Å². The molecule has 0 aliphatic rings. The lowest BCUT2D eigenvalue weighted by Crippen LogP contribution is -2.28. The Kier molecular flexibility index (Phi) is 6.54. The zero-order chi connectivity index (χ0) is 19.8. The Hall–Kier alpha value is -3.45. The molecule has 1 aromatic heterocycles. The first-order chi connectivity index (χ1) is 13.7. The first-order valence-electron chi connectivity index (χ1n) is 8.84. The van der Waals surface area contributed by atoms with Gasteiger partial charge in [-0.2, -0.15) is 0 Å². The predicted octanol–water partition coefficient (Wildman–Crippen LogP) is 2.90. The van der Waals surface area contributed by atoms with Crippen LogP contribution >= 0.6 is 0 Å². The largest absolute Gasteiger partial charge is 0.383 e. The smallest absolute Gasteiger partial charge is 0.277 e. The van der Waals surface area contributed by atoms with Gasteiger partial charge in [-0.25, -0.2) is 0 Å². The molecular weight excluding hydrogens is 358 g/mol. The molecule has 0 saturated carbocycles. The summed E-state index contributed by atoms with van der Waals surface area (Å²) in [6.45, 7) is 0.955. The fraction of sp³-hybridized carbons (Fsp3) is 0.190. The van der Waals surface area contributed by atoms with Crippen LogP contribution in [0.4, 0.5) is 5.69 Å². The van der Waals surface area contributed by atoms with Gasteiger partial charge < -0.3 is 19.9 Å². The number of hydrogen-bond acceptors (Lipinski definition) is 5. The molecule has 0 saturated heterocycles. The number of benzene rings is 2. The second kappa shape index (κ2) is 9.48. The van der Waals surface area contributed by atoms with E-state index in [2.05, 4.69) is 15.8 Å². The van der Waals surface area contributed by atoms with Gasteiger partial charge in [-0.05, 0) is 17.7 Å². The van der Waals surface area contributed by atoms with Gasteiger partial charge in [0.25, 0.3) is 5.91 Å². The Morgan fingerprint density at radius 2 is 1.82 bits per heavy atom. The normalized spacial score (nSPS) is 10.5. The first-order valence-corrected chi connectivity index (χ1v) is 8.84. The van der Waals surface area contributed by atoms with E-state index in [1.807, 2.05) is 30.3 Å². The van der Waals surface area contributed by atoms with Gasteiger partial charge >= 0.3 is 0 Å². The van der Waals surface area contributed by atoms with Gasteiger partial charge in [0.2, 0.25) is 5.91 Å². The van der Waals surface area contributed by atoms with E-state index >= 15 is 0 Å². The zero-order valence-corrected chi connectivity index (χ0v) is 15.5. The molecule has 1 heterocycles. The highest BCUT2D eigenvalue weighted by atomic mass is 16.5. The third kappa shape index (κ3) is 5.28. The molecule has 0 bridgehead atoms. The van der Waals surface area contributed by atoms with E-state index in [9.17, 15) is 9.59 Å². The van der Waals surface area contributed by atoms with Crippen molar-refractivity contribution in [1.29, 1.82) is 0 Å². The van der Waals surface area contributed by atoms with Crippen molar-refractivity contribution in [3.8, 4) is 11.3 Å². The molecule has 0 aliphatic carbocycles. The van der Waals surface area contributed by atoms with Crippen LogP contribution in [0.15, 0.2) is 65.2 Å². The highest BCUT2D eigenvalue weighted by Crippen LogP contribution is 2.20. The summed E-state index contributed by atoms with van der Waals surface area (Å²) < 4.78 is 10.1. The van der Waals surface area contributed by atoms with Crippen LogP contribution in [0.2, 0.25) is 0 Å². The van der Waals surface area contributed by atoms with Gasteiger partial charge in [0.15, 0.2) is 11.5 Å². The average molecular weight is 379 g/mol. The molecule has 2 amide bonds. The van der Waals surface area contributed by atoms with Gasteiger partial charge in [-0.3, -0.25) is 9.59 Å². The fourth-order valence-electron chi connectivity index (χ4n) is 2.56. The second-order valence-corrected chi connectivity index (χ2v) is 6.11. The third-order valence-corrected chi connectivity index (χ3v) is 4.01. The summed E-state index contributed by atoms with van der Waals surface area (Å²) in [6.07, 6.45) is 0.266. The van der Waals surface area contributed by atoms with Crippen LogP contribution in [0.25, 0.3) is 11.3 Å². The molecule has 0 radical (unpaired) electrons. The molecule has 2 N–H and O–H groups in total. The summed E-state index contributed by atoms with van der Waals surface area (Å²) in [5, 5.41) is 9.36. The van der Waals surface area contributed by atoms with Crippen LogP contribution in [0.5, 0.6) is 0 Å². The molecule has 3 rings (SSSR count). The molecule has 0 unspecified atom stereocenters. The van der Waals surface area contributed by atoms with Crippen molar-refractivity contribution in [2.45, 2.75) is 6.42 Å². The first kappa shape index (κ1) is 19.3. The Morgan fingerprint density at radius 3 is 2.54 bits per heavy atom. The Labute approximate surface area is 162 Å². The van der Waals surface area contributed by atoms with E-state index < -0.39 is 0 Å². The Balaban J connectivity index is 1.56. The van der Waals surface area contributed by atoms with Crippen molar-refractivity contribution in [2.75, 3.05) is 25.6 Å². The van der Waals surface area contributed by atoms with E-state index in [1.54, 1.807) is 37.4 Å². The van der Waals surface area contributed by atoms with Gasteiger partial charge in [-0.15, -0.1) is 0 Å². The highest BCUT2D eigenvalue weighted by Gasteiger charge is 2.14. The number of nitrogens with zero attached hydrogens (tertiary/aromatic N) is 1. The average Bonchev–Trinajstić information content (AvgIpc) is 3.21. The van der Waals surface area contributed by atoms with Crippen LogP contribution in [-0.2, 0) is 16.0 Å². The number of aromatic nitrogens is 1. The Bertz CT molecular complexity index is 920. The van der Waals surface area contributed by atoms with Crippen LogP contribution in [-0.4, -0.2) is 37.2 Å². The standard InChI is InChI=1S/C21H21N3O4/c1-27-12-11-22-20(25)13-15-7-9-17(10-8-15)23-21(26)18-14-19(28-24-18)16-5-3-2-4-6-16/h2-10,14H,11-13H2,1H3,(H,22,25)(H,23,26). The lowest BCUT2D eigenvalue weighted by molar-refractivity contribution is -0.120. The summed E-state index contributed by atoms with van der Waals surface area (Å²) in [6, 6.07) is 18.1. The van der Waals surface area contributed by atoms with E-state index in [-0.39, 0.29) is 23.9 Å². The number of amides is 2. The van der Waals surface area contributed by atoms with Crippen molar-refractivity contribution < 1.29 is 18.8 Å². The van der Waals surface area contributed by atoms with Crippen LogP contribution < -0.4 is 10.6 Å². The Morgan fingerprint density at radius 1 is 1.07 bits per heavy atom. The zero-order valence-electron chi connectivity index (χ0n) is 15.5. The van der Waals surface area contributed by atoms with Crippen LogP contribution in [0.3, 0.4) is 0 Å². The molecule has 7 nitrogen and oxygen atoms in total. The number of anilines is 1. The maximum absolute atomic E-state index is 12.4. The lowest BCUT2D eigenvalue weighted by atomic mass is 10.1. The van der Waals surface area contributed by atoms with Gasteiger partial charge in [0, 0.05) is 31.0 Å². The molecule has 2 aromatic carbocycles. The van der Waals surface area contributed by atoms with Crippen molar-refractivity contribution >= 4 is 17.5 Å². The van der Waals surface area contributed by atoms with E-state index in [0.29, 0.717) is 24.6 Å².